The molecule has 1 aromatic carbocycles. The largest absolute Gasteiger partial charge is 0.309 e. The lowest BCUT2D eigenvalue weighted by Gasteiger charge is -2.35. The van der Waals surface area contributed by atoms with Gasteiger partial charge in [0.05, 0.1) is 15.7 Å². The Labute approximate surface area is 108 Å². The number of fused-ring (bicyclic) bond motifs is 1. The third-order valence-electron chi connectivity index (χ3n) is 3.62. The van der Waals surface area contributed by atoms with Crippen molar-refractivity contribution in [1.82, 2.24) is 10.3 Å². The van der Waals surface area contributed by atoms with Gasteiger partial charge in [0.15, 0.2) is 0 Å². The number of nitrogens with one attached hydrogen (secondary N) is 1. The van der Waals surface area contributed by atoms with Gasteiger partial charge in [-0.2, -0.15) is 0 Å². The van der Waals surface area contributed by atoms with Crippen molar-refractivity contribution in [2.24, 2.45) is 5.92 Å². The zero-order chi connectivity index (χ0) is 12.8. The van der Waals surface area contributed by atoms with Crippen molar-refractivity contribution in [1.29, 1.82) is 0 Å². The van der Waals surface area contributed by atoms with Crippen LogP contribution in [0.1, 0.15) is 24.9 Å². The van der Waals surface area contributed by atoms with Crippen LogP contribution < -0.4 is 5.32 Å². The molecule has 0 amide bonds. The molecule has 2 heterocycles. The summed E-state index contributed by atoms with van der Waals surface area (Å²) in [5.41, 5.74) is 3.57. The van der Waals surface area contributed by atoms with Crippen LogP contribution in [-0.2, 0) is 0 Å². The molecule has 0 saturated carbocycles. The molecule has 2 atom stereocenters. The fourth-order valence-corrected chi connectivity index (χ4v) is 3.00. The van der Waals surface area contributed by atoms with E-state index in [0.717, 1.165) is 15.8 Å². The molecular weight excluding hydrogens is 254 g/mol. The Balaban J connectivity index is 1.90. The van der Waals surface area contributed by atoms with Crippen LogP contribution in [0.25, 0.3) is 10.2 Å². The van der Waals surface area contributed by atoms with Crippen molar-refractivity contribution in [2.45, 2.75) is 25.3 Å². The minimum atomic E-state index is -2.59. The molecule has 18 heavy (non-hydrogen) atoms. The van der Waals surface area contributed by atoms with Crippen LogP contribution in [0.4, 0.5) is 8.78 Å². The highest BCUT2D eigenvalue weighted by atomic mass is 32.1. The van der Waals surface area contributed by atoms with Gasteiger partial charge in [-0.05, 0) is 17.7 Å². The minimum Gasteiger partial charge on any atom is -0.309 e. The molecule has 0 unspecified atom stereocenters. The molecule has 1 N–H and O–H groups in total. The SMILES string of the molecule is C[C@@H]1CN[C@@H](c2ccc3scnc3c2)CC1(F)F. The van der Waals surface area contributed by atoms with Gasteiger partial charge >= 0.3 is 0 Å². The Hall–Kier alpha value is -1.07. The van der Waals surface area contributed by atoms with Gasteiger partial charge in [-0.15, -0.1) is 11.3 Å². The van der Waals surface area contributed by atoms with Gasteiger partial charge in [0.2, 0.25) is 0 Å². The molecule has 2 aromatic rings. The van der Waals surface area contributed by atoms with Crippen molar-refractivity contribution in [2.75, 3.05) is 6.54 Å². The first-order valence-electron chi connectivity index (χ1n) is 6.00. The summed E-state index contributed by atoms with van der Waals surface area (Å²) in [6, 6.07) is 5.52. The molecule has 1 aliphatic heterocycles. The van der Waals surface area contributed by atoms with Gasteiger partial charge in [-0.3, -0.25) is 0 Å². The maximum Gasteiger partial charge on any atom is 0.253 e. The first-order valence-corrected chi connectivity index (χ1v) is 6.88. The zero-order valence-electron chi connectivity index (χ0n) is 9.99. The lowest BCUT2D eigenvalue weighted by atomic mass is 9.88. The monoisotopic (exact) mass is 268 g/mol. The van der Waals surface area contributed by atoms with Crippen molar-refractivity contribution < 1.29 is 8.78 Å². The van der Waals surface area contributed by atoms with E-state index < -0.39 is 11.8 Å². The van der Waals surface area contributed by atoms with E-state index in [0.29, 0.717) is 6.54 Å². The highest BCUT2D eigenvalue weighted by molar-refractivity contribution is 7.16. The van der Waals surface area contributed by atoms with E-state index in [1.165, 1.54) is 0 Å². The van der Waals surface area contributed by atoms with Crippen LogP contribution in [0.3, 0.4) is 0 Å². The first kappa shape index (κ1) is 12.0. The number of hydrogen-bond acceptors (Lipinski definition) is 3. The number of hydrogen-bond donors (Lipinski definition) is 1. The molecule has 96 valence electrons. The predicted molar refractivity (Wildman–Crippen MR) is 69.1 cm³/mol. The molecule has 0 bridgehead atoms. The Morgan fingerprint density at radius 3 is 3.06 bits per heavy atom. The van der Waals surface area contributed by atoms with Crippen LogP contribution in [0.5, 0.6) is 0 Å². The summed E-state index contributed by atoms with van der Waals surface area (Å²) in [4.78, 5) is 4.23. The smallest absolute Gasteiger partial charge is 0.253 e. The van der Waals surface area contributed by atoms with E-state index in [1.54, 1.807) is 23.8 Å². The molecule has 3 rings (SSSR count). The maximum atomic E-state index is 13.7. The molecule has 0 radical (unpaired) electrons. The summed E-state index contributed by atoms with van der Waals surface area (Å²) in [5.74, 6) is -3.19. The number of alkyl halides is 2. The van der Waals surface area contributed by atoms with Crippen molar-refractivity contribution in [3.8, 4) is 0 Å². The number of rotatable bonds is 1. The van der Waals surface area contributed by atoms with Gasteiger partial charge in [-0.25, -0.2) is 13.8 Å². The third-order valence-corrected chi connectivity index (χ3v) is 4.43. The molecule has 1 fully saturated rings. The van der Waals surface area contributed by atoms with Crippen LogP contribution >= 0.6 is 11.3 Å². The molecule has 1 aliphatic rings. The highest BCUT2D eigenvalue weighted by Crippen LogP contribution is 2.38. The van der Waals surface area contributed by atoms with E-state index in [1.807, 2.05) is 18.2 Å². The molecule has 1 saturated heterocycles. The van der Waals surface area contributed by atoms with Crippen molar-refractivity contribution >= 4 is 21.6 Å². The number of halogens is 2. The van der Waals surface area contributed by atoms with Gasteiger partial charge in [0.25, 0.3) is 5.92 Å². The second-order valence-corrected chi connectivity index (χ2v) is 5.79. The molecular formula is C13H14F2N2S. The lowest BCUT2D eigenvalue weighted by molar-refractivity contribution is -0.0841. The van der Waals surface area contributed by atoms with E-state index in [-0.39, 0.29) is 12.5 Å². The Kier molecular flexibility index (Phi) is 2.83. The summed E-state index contributed by atoms with van der Waals surface area (Å²) in [7, 11) is 0. The summed E-state index contributed by atoms with van der Waals surface area (Å²) >= 11 is 1.56. The van der Waals surface area contributed by atoms with E-state index in [9.17, 15) is 8.78 Å². The number of aromatic nitrogens is 1. The molecule has 2 nitrogen and oxygen atoms in total. The van der Waals surface area contributed by atoms with Gasteiger partial charge in [0.1, 0.15) is 0 Å². The Morgan fingerprint density at radius 2 is 2.28 bits per heavy atom. The van der Waals surface area contributed by atoms with Gasteiger partial charge in [0, 0.05) is 24.9 Å². The lowest BCUT2D eigenvalue weighted by Crippen LogP contribution is -2.44. The van der Waals surface area contributed by atoms with E-state index >= 15 is 0 Å². The molecule has 0 spiro atoms. The van der Waals surface area contributed by atoms with E-state index in [4.69, 9.17) is 0 Å². The minimum absolute atomic E-state index is 0.135. The number of nitrogens with zero attached hydrogens (tertiary/aromatic N) is 1. The fraction of sp³-hybridized carbons (Fsp3) is 0.462. The third kappa shape index (κ3) is 2.01. The summed E-state index contributed by atoms with van der Waals surface area (Å²) in [6.45, 7) is 1.94. The predicted octanol–water partition coefficient (Wildman–Crippen LogP) is 3.60. The fourth-order valence-electron chi connectivity index (χ4n) is 2.34. The first-order chi connectivity index (χ1) is 8.56. The normalized spacial score (nSPS) is 27.5. The van der Waals surface area contributed by atoms with Crippen molar-refractivity contribution in [3.63, 3.8) is 0 Å². The summed E-state index contributed by atoms with van der Waals surface area (Å²) in [6.07, 6.45) is -0.135. The van der Waals surface area contributed by atoms with Crippen LogP contribution in [0.15, 0.2) is 23.7 Å². The second-order valence-electron chi connectivity index (χ2n) is 4.91. The quantitative estimate of drug-likeness (QED) is 0.854. The maximum absolute atomic E-state index is 13.7. The van der Waals surface area contributed by atoms with Gasteiger partial charge < -0.3 is 5.32 Å². The Morgan fingerprint density at radius 1 is 1.44 bits per heavy atom. The number of thiazole rings is 1. The van der Waals surface area contributed by atoms with Gasteiger partial charge in [-0.1, -0.05) is 13.0 Å². The van der Waals surface area contributed by atoms with Crippen LogP contribution in [-0.4, -0.2) is 17.5 Å². The second kappa shape index (κ2) is 4.24. The van der Waals surface area contributed by atoms with Crippen LogP contribution in [0.2, 0.25) is 0 Å². The standard InChI is InChI=1S/C13H14F2N2S/c1-8-6-16-11(5-13(8,14)15)9-2-3-12-10(4-9)17-7-18-12/h2-4,7-8,11,16H,5-6H2,1H3/t8-,11-/m1/s1. The van der Waals surface area contributed by atoms with Crippen LogP contribution in [0, 0.1) is 5.92 Å². The average Bonchev–Trinajstić information content (AvgIpc) is 2.79. The summed E-state index contributed by atoms with van der Waals surface area (Å²) < 4.78 is 28.6. The number of benzene rings is 1. The average molecular weight is 268 g/mol. The highest BCUT2D eigenvalue weighted by Gasteiger charge is 2.42. The number of piperidine rings is 1. The molecule has 5 heteroatoms. The molecule has 1 aromatic heterocycles. The van der Waals surface area contributed by atoms with E-state index in [2.05, 4.69) is 10.3 Å². The topological polar surface area (TPSA) is 24.9 Å². The van der Waals surface area contributed by atoms with Crippen molar-refractivity contribution in [3.05, 3.63) is 29.3 Å². The zero-order valence-corrected chi connectivity index (χ0v) is 10.8. The molecule has 0 aliphatic carbocycles. The summed E-state index contributed by atoms with van der Waals surface area (Å²) in [5, 5.41) is 3.19. The Bertz CT molecular complexity index is 567.